The number of alkyl halides is 3. The number of thioether (sulfide) groups is 1. The standard InChI is InChI=1S/C19H15F4NOS/c20-13-6-7-17-14(10-13)16(8-9-26-17)24-18(25)11-15(19(21,22)23)12-4-2-1-3-5-12/h1-7,10-11,16H,8-9H2,(H,24,25)/b15-11-. The quantitative estimate of drug-likeness (QED) is 0.590. The van der Waals surface area contributed by atoms with Gasteiger partial charge >= 0.3 is 6.18 Å². The number of benzene rings is 2. The molecule has 0 aliphatic carbocycles. The molecule has 136 valence electrons. The average molecular weight is 381 g/mol. The predicted octanol–water partition coefficient (Wildman–Crippen LogP) is 5.12. The molecule has 2 aromatic carbocycles. The van der Waals surface area contributed by atoms with E-state index in [2.05, 4.69) is 5.32 Å². The molecule has 0 bridgehead atoms. The Balaban J connectivity index is 1.86. The first-order chi connectivity index (χ1) is 12.3. The maximum Gasteiger partial charge on any atom is 0.417 e. The lowest BCUT2D eigenvalue weighted by molar-refractivity contribution is -0.117. The smallest absolute Gasteiger partial charge is 0.346 e. The van der Waals surface area contributed by atoms with Crippen LogP contribution in [0.25, 0.3) is 5.57 Å². The molecule has 0 saturated heterocycles. The summed E-state index contributed by atoms with van der Waals surface area (Å²) in [5.41, 5.74) is -0.502. The van der Waals surface area contributed by atoms with Gasteiger partial charge in [-0.25, -0.2) is 4.39 Å². The van der Waals surface area contributed by atoms with E-state index < -0.39 is 29.5 Å². The number of rotatable bonds is 3. The van der Waals surface area contributed by atoms with Gasteiger partial charge in [-0.1, -0.05) is 30.3 Å². The first-order valence-electron chi connectivity index (χ1n) is 7.91. The normalized spacial score (nSPS) is 17.5. The van der Waals surface area contributed by atoms with Crippen LogP contribution in [0.1, 0.15) is 23.6 Å². The van der Waals surface area contributed by atoms with Crippen LogP contribution in [0.2, 0.25) is 0 Å². The van der Waals surface area contributed by atoms with Gasteiger partial charge in [0, 0.05) is 16.7 Å². The summed E-state index contributed by atoms with van der Waals surface area (Å²) in [6.07, 6.45) is -3.57. The Labute approximate surface area is 152 Å². The molecule has 7 heteroatoms. The third-order valence-electron chi connectivity index (χ3n) is 3.99. The largest absolute Gasteiger partial charge is 0.417 e. The van der Waals surface area contributed by atoms with Crippen LogP contribution >= 0.6 is 11.8 Å². The minimum Gasteiger partial charge on any atom is -0.346 e. The number of fused-ring (bicyclic) bond motifs is 1. The molecule has 1 aliphatic rings. The lowest BCUT2D eigenvalue weighted by atomic mass is 10.0. The maximum atomic E-state index is 13.5. The van der Waals surface area contributed by atoms with Gasteiger partial charge in [0.25, 0.3) is 0 Å². The van der Waals surface area contributed by atoms with Gasteiger partial charge in [0.2, 0.25) is 5.91 Å². The van der Waals surface area contributed by atoms with Crippen molar-refractivity contribution >= 4 is 23.2 Å². The summed E-state index contributed by atoms with van der Waals surface area (Å²) < 4.78 is 53.5. The maximum absolute atomic E-state index is 13.5. The number of amides is 1. The molecule has 0 aromatic heterocycles. The number of halogens is 4. The van der Waals surface area contributed by atoms with Crippen molar-refractivity contribution in [3.63, 3.8) is 0 Å². The summed E-state index contributed by atoms with van der Waals surface area (Å²) in [7, 11) is 0. The van der Waals surface area contributed by atoms with Gasteiger partial charge in [-0.15, -0.1) is 11.8 Å². The third-order valence-corrected chi connectivity index (χ3v) is 5.12. The first kappa shape index (κ1) is 18.5. The van der Waals surface area contributed by atoms with Crippen LogP contribution in [-0.4, -0.2) is 17.8 Å². The SMILES string of the molecule is O=C(/C=C(/c1ccccc1)C(F)(F)F)NC1CCSc2ccc(F)cc21. The second-order valence-corrected chi connectivity index (χ2v) is 6.94. The van der Waals surface area contributed by atoms with Crippen molar-refractivity contribution in [2.75, 3.05) is 5.75 Å². The Bertz CT molecular complexity index is 833. The summed E-state index contributed by atoms with van der Waals surface area (Å²) >= 11 is 1.53. The van der Waals surface area contributed by atoms with Crippen LogP contribution in [0.15, 0.2) is 59.5 Å². The zero-order chi connectivity index (χ0) is 18.7. The zero-order valence-corrected chi connectivity index (χ0v) is 14.3. The molecule has 0 radical (unpaired) electrons. The van der Waals surface area contributed by atoms with Crippen molar-refractivity contribution in [3.05, 3.63) is 71.6 Å². The average Bonchev–Trinajstić information content (AvgIpc) is 2.60. The molecule has 1 atom stereocenters. The molecule has 2 aromatic rings. The minimum absolute atomic E-state index is 0.0826. The second-order valence-electron chi connectivity index (χ2n) is 5.80. The number of hydrogen-bond acceptors (Lipinski definition) is 2. The lowest BCUT2D eigenvalue weighted by Gasteiger charge is -2.25. The van der Waals surface area contributed by atoms with Crippen molar-refractivity contribution in [2.24, 2.45) is 0 Å². The molecule has 2 nitrogen and oxygen atoms in total. The molecule has 1 unspecified atom stereocenters. The lowest BCUT2D eigenvalue weighted by Crippen LogP contribution is -2.30. The third kappa shape index (κ3) is 4.27. The van der Waals surface area contributed by atoms with Gasteiger partial charge < -0.3 is 5.32 Å². The molecular weight excluding hydrogens is 366 g/mol. The number of carbonyl (C=O) groups excluding carboxylic acids is 1. The number of carbonyl (C=O) groups is 1. The molecule has 3 rings (SSSR count). The van der Waals surface area contributed by atoms with Crippen LogP contribution in [0.3, 0.4) is 0 Å². The van der Waals surface area contributed by atoms with Crippen molar-refractivity contribution in [1.82, 2.24) is 5.32 Å². The monoisotopic (exact) mass is 381 g/mol. The van der Waals surface area contributed by atoms with E-state index in [-0.39, 0.29) is 5.56 Å². The summed E-state index contributed by atoms with van der Waals surface area (Å²) in [6, 6.07) is 10.9. The van der Waals surface area contributed by atoms with Crippen molar-refractivity contribution < 1.29 is 22.4 Å². The van der Waals surface area contributed by atoms with E-state index in [1.807, 2.05) is 0 Å². The summed E-state index contributed by atoms with van der Waals surface area (Å²) in [5, 5.41) is 2.58. The second kappa shape index (κ2) is 7.53. The van der Waals surface area contributed by atoms with Gasteiger partial charge in [0.05, 0.1) is 11.6 Å². The Kier molecular flexibility index (Phi) is 5.36. The van der Waals surface area contributed by atoms with Crippen molar-refractivity contribution in [3.8, 4) is 0 Å². The van der Waals surface area contributed by atoms with E-state index >= 15 is 0 Å². The minimum atomic E-state index is -4.66. The van der Waals surface area contributed by atoms with E-state index in [0.29, 0.717) is 23.8 Å². The van der Waals surface area contributed by atoms with E-state index in [4.69, 9.17) is 0 Å². The first-order valence-corrected chi connectivity index (χ1v) is 8.90. The van der Waals surface area contributed by atoms with Gasteiger partial charge in [-0.2, -0.15) is 13.2 Å². The fourth-order valence-electron chi connectivity index (χ4n) is 2.81. The molecule has 0 fully saturated rings. The number of nitrogens with one attached hydrogen (secondary N) is 1. The summed E-state index contributed by atoms with van der Waals surface area (Å²) in [6.45, 7) is 0. The fraction of sp³-hybridized carbons (Fsp3) is 0.211. The Morgan fingerprint density at radius 1 is 1.15 bits per heavy atom. The fourth-order valence-corrected chi connectivity index (χ4v) is 3.91. The van der Waals surface area contributed by atoms with Crippen LogP contribution in [-0.2, 0) is 4.79 Å². The van der Waals surface area contributed by atoms with Gasteiger partial charge in [0.1, 0.15) is 5.82 Å². The summed E-state index contributed by atoms with van der Waals surface area (Å²) in [4.78, 5) is 13.1. The molecule has 1 amide bonds. The molecule has 1 heterocycles. The highest BCUT2D eigenvalue weighted by molar-refractivity contribution is 7.99. The van der Waals surface area contributed by atoms with E-state index in [1.165, 1.54) is 48.2 Å². The van der Waals surface area contributed by atoms with Gasteiger partial charge in [0.15, 0.2) is 0 Å². The topological polar surface area (TPSA) is 29.1 Å². The molecule has 1 N–H and O–H groups in total. The number of hydrogen-bond donors (Lipinski definition) is 1. The van der Waals surface area contributed by atoms with E-state index in [1.54, 1.807) is 12.1 Å². The number of allylic oxidation sites excluding steroid dienone is 1. The molecule has 26 heavy (non-hydrogen) atoms. The Morgan fingerprint density at radius 3 is 2.58 bits per heavy atom. The molecule has 0 saturated carbocycles. The highest BCUT2D eigenvalue weighted by Crippen LogP contribution is 2.37. The summed E-state index contributed by atoms with van der Waals surface area (Å²) in [5.74, 6) is -0.604. The van der Waals surface area contributed by atoms with Crippen molar-refractivity contribution in [2.45, 2.75) is 23.5 Å². The molecule has 0 spiro atoms. The highest BCUT2D eigenvalue weighted by atomic mass is 32.2. The molecule has 1 aliphatic heterocycles. The van der Waals surface area contributed by atoms with Gasteiger partial charge in [-0.05, 0) is 35.7 Å². The highest BCUT2D eigenvalue weighted by Gasteiger charge is 2.35. The van der Waals surface area contributed by atoms with Crippen molar-refractivity contribution in [1.29, 1.82) is 0 Å². The zero-order valence-electron chi connectivity index (χ0n) is 13.5. The Hall–Kier alpha value is -2.28. The predicted molar refractivity (Wildman–Crippen MR) is 93.1 cm³/mol. The van der Waals surface area contributed by atoms with E-state index in [0.717, 1.165) is 4.90 Å². The van der Waals surface area contributed by atoms with Crippen LogP contribution < -0.4 is 5.32 Å². The van der Waals surface area contributed by atoms with Crippen LogP contribution in [0.4, 0.5) is 17.6 Å². The van der Waals surface area contributed by atoms with Crippen LogP contribution in [0, 0.1) is 5.82 Å². The van der Waals surface area contributed by atoms with Crippen LogP contribution in [0.5, 0.6) is 0 Å². The Morgan fingerprint density at radius 2 is 1.88 bits per heavy atom. The molecular formula is C19H15F4NOS. The van der Waals surface area contributed by atoms with E-state index in [9.17, 15) is 22.4 Å². The van der Waals surface area contributed by atoms with Gasteiger partial charge in [-0.3, -0.25) is 4.79 Å².